The molecule has 0 heterocycles. The second-order valence-electron chi connectivity index (χ2n) is 3.58. The number of hydrogen-bond acceptors (Lipinski definition) is 3. The predicted octanol–water partition coefficient (Wildman–Crippen LogP) is -0.218. The van der Waals surface area contributed by atoms with Gasteiger partial charge in [-0.15, -0.1) is 0 Å². The lowest BCUT2D eigenvalue weighted by molar-refractivity contribution is -0.116. The number of nitrogens with zero attached hydrogens (tertiary/aromatic N) is 2. The van der Waals surface area contributed by atoms with Crippen LogP contribution >= 0.6 is 0 Å². The van der Waals surface area contributed by atoms with Crippen LogP contribution in [0.25, 0.3) is 0 Å². The van der Waals surface area contributed by atoms with Crippen molar-refractivity contribution in [2.24, 2.45) is 0 Å². The molecule has 82 valence electrons. The van der Waals surface area contributed by atoms with Crippen LogP contribution in [0.5, 0.6) is 0 Å². The molecule has 0 aliphatic heterocycles. The SMILES string of the molecule is CNC(=O)/C=C/CN(C)CCN(C)C. The molecule has 0 spiro atoms. The largest absolute Gasteiger partial charge is 0.356 e. The van der Waals surface area contributed by atoms with Crippen molar-refractivity contribution >= 4 is 5.91 Å². The Balaban J connectivity index is 3.57. The van der Waals surface area contributed by atoms with Gasteiger partial charge in [0.25, 0.3) is 0 Å². The molecule has 0 aromatic heterocycles. The van der Waals surface area contributed by atoms with Crippen molar-refractivity contribution in [2.45, 2.75) is 0 Å². The molecule has 0 unspecified atom stereocenters. The zero-order valence-corrected chi connectivity index (χ0v) is 9.58. The van der Waals surface area contributed by atoms with E-state index in [1.165, 1.54) is 0 Å². The zero-order valence-electron chi connectivity index (χ0n) is 9.58. The summed E-state index contributed by atoms with van der Waals surface area (Å²) in [6.07, 6.45) is 3.43. The number of amides is 1. The molecule has 0 radical (unpaired) electrons. The smallest absolute Gasteiger partial charge is 0.243 e. The minimum absolute atomic E-state index is 0.0500. The summed E-state index contributed by atoms with van der Waals surface area (Å²) in [5.74, 6) is -0.0500. The number of hydrogen-bond donors (Lipinski definition) is 1. The van der Waals surface area contributed by atoms with E-state index in [2.05, 4.69) is 15.1 Å². The summed E-state index contributed by atoms with van der Waals surface area (Å²) in [7, 11) is 7.77. The van der Waals surface area contributed by atoms with Crippen molar-refractivity contribution in [3.8, 4) is 0 Å². The van der Waals surface area contributed by atoms with E-state index in [1.54, 1.807) is 13.1 Å². The quantitative estimate of drug-likeness (QED) is 0.601. The molecule has 0 saturated carbocycles. The molecule has 0 aromatic rings. The first-order valence-corrected chi connectivity index (χ1v) is 4.77. The Hall–Kier alpha value is -0.870. The highest BCUT2D eigenvalue weighted by Crippen LogP contribution is 1.85. The molecule has 0 aliphatic carbocycles. The summed E-state index contributed by atoms with van der Waals surface area (Å²) in [6, 6.07) is 0. The van der Waals surface area contributed by atoms with Crippen molar-refractivity contribution in [3.63, 3.8) is 0 Å². The Morgan fingerprint density at radius 3 is 2.43 bits per heavy atom. The average molecular weight is 199 g/mol. The lowest BCUT2D eigenvalue weighted by atomic mass is 10.4. The molecule has 0 rings (SSSR count). The van der Waals surface area contributed by atoms with Crippen LogP contribution in [0.15, 0.2) is 12.2 Å². The number of rotatable bonds is 6. The Bertz CT molecular complexity index is 190. The topological polar surface area (TPSA) is 35.6 Å². The Morgan fingerprint density at radius 2 is 1.93 bits per heavy atom. The van der Waals surface area contributed by atoms with E-state index in [4.69, 9.17) is 0 Å². The third kappa shape index (κ3) is 7.76. The first-order valence-electron chi connectivity index (χ1n) is 4.77. The third-order valence-electron chi connectivity index (χ3n) is 1.86. The maximum Gasteiger partial charge on any atom is 0.243 e. The van der Waals surface area contributed by atoms with Crippen LogP contribution in [0.2, 0.25) is 0 Å². The minimum Gasteiger partial charge on any atom is -0.356 e. The van der Waals surface area contributed by atoms with Crippen LogP contribution < -0.4 is 5.32 Å². The zero-order chi connectivity index (χ0) is 11.0. The molecule has 0 fully saturated rings. The second kappa shape index (κ2) is 7.53. The fraction of sp³-hybridized carbons (Fsp3) is 0.700. The van der Waals surface area contributed by atoms with Crippen LogP contribution in [0.3, 0.4) is 0 Å². The standard InChI is InChI=1S/C10H21N3O/c1-11-10(14)6-5-7-13(4)9-8-12(2)3/h5-6H,7-9H2,1-4H3,(H,11,14)/b6-5+. The van der Waals surface area contributed by atoms with Gasteiger partial charge in [-0.1, -0.05) is 6.08 Å². The average Bonchev–Trinajstić information content (AvgIpc) is 2.14. The highest BCUT2D eigenvalue weighted by Gasteiger charge is 1.96. The normalized spacial score (nSPS) is 11.6. The summed E-state index contributed by atoms with van der Waals surface area (Å²) in [4.78, 5) is 15.1. The summed E-state index contributed by atoms with van der Waals surface area (Å²) in [5, 5.41) is 2.54. The van der Waals surface area contributed by atoms with E-state index in [-0.39, 0.29) is 5.91 Å². The molecule has 0 aromatic carbocycles. The summed E-state index contributed by atoms with van der Waals surface area (Å²) in [5.41, 5.74) is 0. The van der Waals surface area contributed by atoms with Gasteiger partial charge in [-0.3, -0.25) is 4.79 Å². The Morgan fingerprint density at radius 1 is 1.29 bits per heavy atom. The minimum atomic E-state index is -0.0500. The molecule has 0 atom stereocenters. The molecular weight excluding hydrogens is 178 g/mol. The van der Waals surface area contributed by atoms with Crippen LogP contribution in [0, 0.1) is 0 Å². The number of carbonyl (C=O) groups is 1. The lowest BCUT2D eigenvalue weighted by Crippen LogP contribution is -2.28. The van der Waals surface area contributed by atoms with Crippen LogP contribution in [0.4, 0.5) is 0 Å². The van der Waals surface area contributed by atoms with Crippen LogP contribution in [-0.4, -0.2) is 63.5 Å². The molecule has 0 aliphatic rings. The lowest BCUT2D eigenvalue weighted by Gasteiger charge is -2.17. The molecule has 1 amide bonds. The van der Waals surface area contributed by atoms with Gasteiger partial charge in [0, 0.05) is 32.8 Å². The van der Waals surface area contributed by atoms with Gasteiger partial charge in [0.15, 0.2) is 0 Å². The monoisotopic (exact) mass is 199 g/mol. The predicted molar refractivity (Wildman–Crippen MR) is 59.3 cm³/mol. The highest BCUT2D eigenvalue weighted by molar-refractivity contribution is 5.87. The second-order valence-corrected chi connectivity index (χ2v) is 3.58. The van der Waals surface area contributed by atoms with Gasteiger partial charge < -0.3 is 15.1 Å². The van der Waals surface area contributed by atoms with Gasteiger partial charge >= 0.3 is 0 Å². The van der Waals surface area contributed by atoms with E-state index < -0.39 is 0 Å². The molecular formula is C10H21N3O. The fourth-order valence-electron chi connectivity index (χ4n) is 0.885. The van der Waals surface area contributed by atoms with Gasteiger partial charge in [-0.2, -0.15) is 0 Å². The molecule has 14 heavy (non-hydrogen) atoms. The molecule has 0 bridgehead atoms. The van der Waals surface area contributed by atoms with Crippen molar-refractivity contribution in [3.05, 3.63) is 12.2 Å². The van der Waals surface area contributed by atoms with Crippen molar-refractivity contribution < 1.29 is 4.79 Å². The van der Waals surface area contributed by atoms with Gasteiger partial charge in [0.2, 0.25) is 5.91 Å². The highest BCUT2D eigenvalue weighted by atomic mass is 16.1. The van der Waals surface area contributed by atoms with E-state index in [1.807, 2.05) is 27.2 Å². The first-order chi connectivity index (χ1) is 6.56. The summed E-state index contributed by atoms with van der Waals surface area (Å²) in [6.45, 7) is 2.84. The van der Waals surface area contributed by atoms with Gasteiger partial charge in [0.05, 0.1) is 0 Å². The number of carbonyl (C=O) groups excluding carboxylic acids is 1. The molecule has 1 N–H and O–H groups in total. The molecule has 0 saturated heterocycles. The molecule has 4 nitrogen and oxygen atoms in total. The maximum absolute atomic E-state index is 10.8. The van der Waals surface area contributed by atoms with Crippen LogP contribution in [-0.2, 0) is 4.79 Å². The van der Waals surface area contributed by atoms with Gasteiger partial charge in [-0.05, 0) is 21.1 Å². The van der Waals surface area contributed by atoms with E-state index in [0.717, 1.165) is 19.6 Å². The van der Waals surface area contributed by atoms with E-state index >= 15 is 0 Å². The van der Waals surface area contributed by atoms with Crippen LogP contribution in [0.1, 0.15) is 0 Å². The first kappa shape index (κ1) is 13.1. The third-order valence-corrected chi connectivity index (χ3v) is 1.86. The number of nitrogens with one attached hydrogen (secondary N) is 1. The Kier molecular flexibility index (Phi) is 7.06. The fourth-order valence-corrected chi connectivity index (χ4v) is 0.885. The van der Waals surface area contributed by atoms with Crippen molar-refractivity contribution in [2.75, 3.05) is 47.8 Å². The maximum atomic E-state index is 10.8. The summed E-state index contributed by atoms with van der Waals surface area (Å²) >= 11 is 0. The number of likely N-dealkylation sites (N-methyl/N-ethyl adjacent to an activating group) is 3. The van der Waals surface area contributed by atoms with Gasteiger partial charge in [0.1, 0.15) is 0 Å². The van der Waals surface area contributed by atoms with Crippen molar-refractivity contribution in [1.29, 1.82) is 0 Å². The molecule has 4 heteroatoms. The van der Waals surface area contributed by atoms with E-state index in [0.29, 0.717) is 0 Å². The Labute approximate surface area is 86.6 Å². The van der Waals surface area contributed by atoms with E-state index in [9.17, 15) is 4.79 Å². The van der Waals surface area contributed by atoms with Crippen molar-refractivity contribution in [1.82, 2.24) is 15.1 Å². The van der Waals surface area contributed by atoms with Gasteiger partial charge in [-0.25, -0.2) is 0 Å². The summed E-state index contributed by atoms with van der Waals surface area (Å²) < 4.78 is 0.